The summed E-state index contributed by atoms with van der Waals surface area (Å²) in [4.78, 5) is 2.72. The van der Waals surface area contributed by atoms with Crippen molar-refractivity contribution in [3.8, 4) is 0 Å². The van der Waals surface area contributed by atoms with Crippen LogP contribution in [0.2, 0.25) is 0 Å². The molecule has 0 aliphatic rings. The summed E-state index contributed by atoms with van der Waals surface area (Å²) in [6, 6.07) is 11.5. The number of thiophene rings is 1. The molecular weight excluding hydrogens is 258 g/mol. The van der Waals surface area contributed by atoms with Crippen molar-refractivity contribution in [3.63, 3.8) is 0 Å². The Hall–Kier alpha value is -0.770. The van der Waals surface area contributed by atoms with E-state index in [-0.39, 0.29) is 0 Å². The number of hydrogen-bond acceptors (Lipinski definition) is 3. The van der Waals surface area contributed by atoms with Crippen molar-refractivity contribution in [1.29, 1.82) is 0 Å². The Morgan fingerprint density at radius 1 is 1.22 bits per heavy atom. The fourth-order valence-electron chi connectivity index (χ4n) is 1.81. The maximum absolute atomic E-state index is 3.40. The molecule has 0 saturated heterocycles. The molecule has 0 fully saturated rings. The van der Waals surface area contributed by atoms with Gasteiger partial charge in [-0.1, -0.05) is 17.7 Å². The van der Waals surface area contributed by atoms with Crippen LogP contribution in [0, 0.1) is 13.8 Å². The second-order valence-corrected chi connectivity index (χ2v) is 6.66. The first-order chi connectivity index (χ1) is 8.69. The minimum Gasteiger partial charge on any atom is -0.312 e. The molecule has 1 atom stereocenters. The summed E-state index contributed by atoms with van der Waals surface area (Å²) in [6.07, 6.45) is 0. The number of rotatable bonds is 5. The smallest absolute Gasteiger partial charge is 0.0421 e. The lowest BCUT2D eigenvalue weighted by Crippen LogP contribution is -2.17. The second kappa shape index (κ2) is 6.41. The maximum atomic E-state index is 3.40. The van der Waals surface area contributed by atoms with E-state index >= 15 is 0 Å². The Bertz CT molecular complexity index is 487. The molecule has 0 saturated carbocycles. The number of thioether (sulfide) groups is 1. The van der Waals surface area contributed by atoms with Gasteiger partial charge in [0, 0.05) is 21.6 Å². The molecule has 1 N–H and O–H groups in total. The van der Waals surface area contributed by atoms with Gasteiger partial charge >= 0.3 is 0 Å². The number of benzene rings is 1. The summed E-state index contributed by atoms with van der Waals surface area (Å²) < 4.78 is 0. The van der Waals surface area contributed by atoms with E-state index in [1.165, 1.54) is 20.9 Å². The first-order valence-corrected chi connectivity index (χ1v) is 7.97. The van der Waals surface area contributed by atoms with Crippen LogP contribution >= 0.6 is 23.1 Å². The van der Waals surface area contributed by atoms with E-state index < -0.39 is 0 Å². The third kappa shape index (κ3) is 3.61. The van der Waals surface area contributed by atoms with Gasteiger partial charge in [-0.05, 0) is 50.0 Å². The molecular formula is C15H19NS2. The lowest BCUT2D eigenvalue weighted by Gasteiger charge is -2.14. The van der Waals surface area contributed by atoms with Crippen molar-refractivity contribution in [3.05, 3.63) is 51.7 Å². The molecule has 0 aliphatic carbocycles. The highest BCUT2D eigenvalue weighted by atomic mass is 32.2. The van der Waals surface area contributed by atoms with E-state index in [2.05, 4.69) is 54.9 Å². The molecule has 3 heteroatoms. The summed E-state index contributed by atoms with van der Waals surface area (Å²) in [5, 5.41) is 5.66. The molecule has 2 rings (SSSR count). The first-order valence-electron chi connectivity index (χ1n) is 6.11. The molecule has 1 nitrogen and oxygen atoms in total. The Labute approximate surface area is 118 Å². The molecule has 2 aromatic rings. The minimum atomic E-state index is 0.432. The zero-order valence-corrected chi connectivity index (χ0v) is 12.7. The van der Waals surface area contributed by atoms with Gasteiger partial charge < -0.3 is 5.32 Å². The fraction of sp³-hybridized carbons (Fsp3) is 0.333. The summed E-state index contributed by atoms with van der Waals surface area (Å²) in [6.45, 7) is 4.28. The zero-order chi connectivity index (χ0) is 13.0. The van der Waals surface area contributed by atoms with E-state index in [4.69, 9.17) is 0 Å². The fourth-order valence-corrected chi connectivity index (χ4v) is 3.61. The summed E-state index contributed by atoms with van der Waals surface area (Å²) in [5.74, 6) is 1.07. The van der Waals surface area contributed by atoms with Crippen molar-refractivity contribution < 1.29 is 0 Å². The van der Waals surface area contributed by atoms with Crippen LogP contribution in [0.3, 0.4) is 0 Å². The zero-order valence-electron chi connectivity index (χ0n) is 11.1. The molecule has 0 spiro atoms. The molecule has 1 aromatic carbocycles. The van der Waals surface area contributed by atoms with Crippen molar-refractivity contribution in [2.75, 3.05) is 12.8 Å². The predicted octanol–water partition coefficient (Wildman–Crippen LogP) is 4.42. The van der Waals surface area contributed by atoms with Crippen molar-refractivity contribution in [2.24, 2.45) is 0 Å². The normalized spacial score (nSPS) is 12.6. The van der Waals surface area contributed by atoms with Gasteiger partial charge in [0.1, 0.15) is 0 Å². The van der Waals surface area contributed by atoms with Crippen molar-refractivity contribution >= 4 is 23.1 Å². The molecule has 1 heterocycles. The van der Waals surface area contributed by atoms with Crippen molar-refractivity contribution in [1.82, 2.24) is 5.32 Å². The topological polar surface area (TPSA) is 12.0 Å². The predicted molar refractivity (Wildman–Crippen MR) is 82.8 cm³/mol. The van der Waals surface area contributed by atoms with E-state index in [0.29, 0.717) is 6.04 Å². The number of nitrogens with one attached hydrogen (secondary N) is 1. The van der Waals surface area contributed by atoms with Gasteiger partial charge in [0.15, 0.2) is 0 Å². The SMILES string of the molecule is CNC(CSc1ccc(C)cc1)c1csc(C)c1. The van der Waals surface area contributed by atoms with Crippen LogP contribution in [0.4, 0.5) is 0 Å². The summed E-state index contributed by atoms with van der Waals surface area (Å²) in [5.41, 5.74) is 2.72. The third-order valence-electron chi connectivity index (χ3n) is 2.94. The molecule has 96 valence electrons. The highest BCUT2D eigenvalue weighted by molar-refractivity contribution is 7.99. The monoisotopic (exact) mass is 277 g/mol. The summed E-state index contributed by atoms with van der Waals surface area (Å²) in [7, 11) is 2.04. The molecule has 1 aromatic heterocycles. The minimum absolute atomic E-state index is 0.432. The van der Waals surface area contributed by atoms with Gasteiger partial charge in [0.05, 0.1) is 0 Å². The van der Waals surface area contributed by atoms with Crippen LogP contribution < -0.4 is 5.32 Å². The van der Waals surface area contributed by atoms with Gasteiger partial charge in [-0.2, -0.15) is 0 Å². The van der Waals surface area contributed by atoms with Gasteiger partial charge in [-0.15, -0.1) is 23.1 Å². The highest BCUT2D eigenvalue weighted by Gasteiger charge is 2.10. The van der Waals surface area contributed by atoms with E-state index in [0.717, 1.165) is 5.75 Å². The van der Waals surface area contributed by atoms with E-state index in [1.54, 1.807) is 0 Å². The second-order valence-electron chi connectivity index (χ2n) is 4.46. The molecule has 0 aliphatic heterocycles. The molecule has 18 heavy (non-hydrogen) atoms. The van der Waals surface area contributed by atoms with Crippen LogP contribution in [0.1, 0.15) is 22.0 Å². The number of aryl methyl sites for hydroxylation is 2. The largest absolute Gasteiger partial charge is 0.312 e. The molecule has 0 amide bonds. The van der Waals surface area contributed by atoms with Crippen molar-refractivity contribution in [2.45, 2.75) is 24.8 Å². The molecule has 0 radical (unpaired) electrons. The quantitative estimate of drug-likeness (QED) is 0.812. The van der Waals surface area contributed by atoms with E-state index in [1.807, 2.05) is 30.1 Å². The lowest BCUT2D eigenvalue weighted by molar-refractivity contribution is 0.664. The Kier molecular flexibility index (Phi) is 4.87. The third-order valence-corrected chi connectivity index (χ3v) is 4.92. The van der Waals surface area contributed by atoms with Crippen LogP contribution in [0.25, 0.3) is 0 Å². The van der Waals surface area contributed by atoms with Crippen LogP contribution in [0.5, 0.6) is 0 Å². The standard InChI is InChI=1S/C15H19NS2/c1-11-4-6-14(7-5-11)18-10-15(16-3)13-8-12(2)17-9-13/h4-9,15-16H,10H2,1-3H3. The van der Waals surface area contributed by atoms with Crippen LogP contribution in [-0.2, 0) is 0 Å². The van der Waals surface area contributed by atoms with Crippen LogP contribution in [0.15, 0.2) is 40.6 Å². The maximum Gasteiger partial charge on any atom is 0.0421 e. The van der Waals surface area contributed by atoms with E-state index in [9.17, 15) is 0 Å². The Morgan fingerprint density at radius 3 is 2.50 bits per heavy atom. The lowest BCUT2D eigenvalue weighted by atomic mass is 10.2. The Balaban J connectivity index is 1.97. The van der Waals surface area contributed by atoms with Gasteiger partial charge in [-0.25, -0.2) is 0 Å². The first kappa shape index (κ1) is 13.7. The van der Waals surface area contributed by atoms with Gasteiger partial charge in [0.25, 0.3) is 0 Å². The average molecular weight is 277 g/mol. The molecule has 1 unspecified atom stereocenters. The Morgan fingerprint density at radius 2 is 1.94 bits per heavy atom. The van der Waals surface area contributed by atoms with Gasteiger partial charge in [-0.3, -0.25) is 0 Å². The average Bonchev–Trinajstić information content (AvgIpc) is 2.79. The molecule has 0 bridgehead atoms. The van der Waals surface area contributed by atoms with Crippen LogP contribution in [-0.4, -0.2) is 12.8 Å². The summed E-state index contributed by atoms with van der Waals surface area (Å²) >= 11 is 3.73. The number of hydrogen-bond donors (Lipinski definition) is 1. The highest BCUT2D eigenvalue weighted by Crippen LogP contribution is 2.27. The van der Waals surface area contributed by atoms with Gasteiger partial charge in [0.2, 0.25) is 0 Å².